The summed E-state index contributed by atoms with van der Waals surface area (Å²) in [5.41, 5.74) is 1.41. The first kappa shape index (κ1) is 12.4. The van der Waals surface area contributed by atoms with E-state index in [2.05, 4.69) is 0 Å². The standard InChI is InChI=1S/C15H16O3/c1-9-13(10(2)16)15(18-4)12-8-6-5-7-11(12)14(9)17-3/h5-8H,1-4H3. The average Bonchev–Trinajstić information content (AvgIpc) is 2.36. The van der Waals surface area contributed by atoms with Crippen LogP contribution in [0.15, 0.2) is 24.3 Å². The summed E-state index contributed by atoms with van der Waals surface area (Å²) in [5.74, 6) is 1.33. The first-order valence-electron chi connectivity index (χ1n) is 5.76. The monoisotopic (exact) mass is 244 g/mol. The lowest BCUT2D eigenvalue weighted by molar-refractivity contribution is 0.101. The molecule has 0 aliphatic heterocycles. The normalized spacial score (nSPS) is 10.4. The maximum atomic E-state index is 11.8. The van der Waals surface area contributed by atoms with Gasteiger partial charge in [0.1, 0.15) is 11.5 Å². The molecule has 0 radical (unpaired) electrons. The number of methoxy groups -OCH3 is 2. The van der Waals surface area contributed by atoms with E-state index in [1.807, 2.05) is 31.2 Å². The third kappa shape index (κ3) is 1.72. The molecule has 0 unspecified atom stereocenters. The molecule has 3 heteroatoms. The molecule has 0 saturated heterocycles. The maximum Gasteiger partial charge on any atom is 0.163 e. The van der Waals surface area contributed by atoms with Gasteiger partial charge in [-0.3, -0.25) is 4.79 Å². The number of benzene rings is 2. The molecule has 0 aromatic heterocycles. The van der Waals surface area contributed by atoms with E-state index in [9.17, 15) is 4.79 Å². The van der Waals surface area contributed by atoms with Gasteiger partial charge in [-0.05, 0) is 13.8 Å². The molecule has 0 saturated carbocycles. The van der Waals surface area contributed by atoms with Gasteiger partial charge in [0, 0.05) is 16.3 Å². The van der Waals surface area contributed by atoms with Crippen LogP contribution >= 0.6 is 0 Å². The Kier molecular flexibility index (Phi) is 3.24. The van der Waals surface area contributed by atoms with Crippen molar-refractivity contribution in [3.05, 3.63) is 35.4 Å². The number of rotatable bonds is 3. The third-order valence-corrected chi connectivity index (χ3v) is 3.12. The summed E-state index contributed by atoms with van der Waals surface area (Å²) in [6, 6.07) is 7.76. The number of Topliss-reactive ketones (excluding diaryl/α,β-unsaturated/α-hetero) is 1. The van der Waals surface area contributed by atoms with Crippen molar-refractivity contribution in [2.75, 3.05) is 14.2 Å². The van der Waals surface area contributed by atoms with Gasteiger partial charge in [-0.15, -0.1) is 0 Å². The van der Waals surface area contributed by atoms with Gasteiger partial charge in [0.25, 0.3) is 0 Å². The SMILES string of the molecule is COc1c(C)c(C(C)=O)c(OC)c2ccccc12. The second-order valence-electron chi connectivity index (χ2n) is 4.17. The minimum Gasteiger partial charge on any atom is -0.496 e. The summed E-state index contributed by atoms with van der Waals surface area (Å²) in [5, 5.41) is 1.85. The Balaban J connectivity index is 3.00. The highest BCUT2D eigenvalue weighted by atomic mass is 16.5. The lowest BCUT2D eigenvalue weighted by Gasteiger charge is -2.17. The Morgan fingerprint density at radius 1 is 1.00 bits per heavy atom. The van der Waals surface area contributed by atoms with E-state index in [1.165, 1.54) is 0 Å². The van der Waals surface area contributed by atoms with Crippen LogP contribution in [0.2, 0.25) is 0 Å². The van der Waals surface area contributed by atoms with Crippen LogP contribution in [0.5, 0.6) is 11.5 Å². The average molecular weight is 244 g/mol. The largest absolute Gasteiger partial charge is 0.496 e. The van der Waals surface area contributed by atoms with Crippen molar-refractivity contribution in [1.82, 2.24) is 0 Å². The van der Waals surface area contributed by atoms with E-state index in [1.54, 1.807) is 21.1 Å². The highest BCUT2D eigenvalue weighted by Gasteiger charge is 2.20. The lowest BCUT2D eigenvalue weighted by Crippen LogP contribution is -2.04. The van der Waals surface area contributed by atoms with Gasteiger partial charge >= 0.3 is 0 Å². The fraction of sp³-hybridized carbons (Fsp3) is 0.267. The quantitative estimate of drug-likeness (QED) is 0.776. The van der Waals surface area contributed by atoms with Crippen LogP contribution < -0.4 is 9.47 Å². The molecule has 0 spiro atoms. The fourth-order valence-electron chi connectivity index (χ4n) is 2.40. The van der Waals surface area contributed by atoms with Crippen LogP contribution in [0, 0.1) is 6.92 Å². The van der Waals surface area contributed by atoms with Crippen molar-refractivity contribution in [2.24, 2.45) is 0 Å². The number of carbonyl (C=O) groups is 1. The Morgan fingerprint density at radius 2 is 1.50 bits per heavy atom. The summed E-state index contributed by atoms with van der Waals surface area (Å²) in [6.45, 7) is 3.42. The molecular weight excluding hydrogens is 228 g/mol. The van der Waals surface area contributed by atoms with E-state index in [4.69, 9.17) is 9.47 Å². The molecule has 18 heavy (non-hydrogen) atoms. The minimum absolute atomic E-state index is 0.0200. The zero-order valence-corrected chi connectivity index (χ0v) is 11.0. The summed E-state index contributed by atoms with van der Waals surface area (Å²) in [4.78, 5) is 11.8. The molecule has 0 aliphatic rings. The number of fused-ring (bicyclic) bond motifs is 1. The van der Waals surface area contributed by atoms with Crippen LogP contribution in [0.25, 0.3) is 10.8 Å². The second-order valence-corrected chi connectivity index (χ2v) is 4.17. The zero-order valence-electron chi connectivity index (χ0n) is 11.0. The fourth-order valence-corrected chi connectivity index (χ4v) is 2.40. The molecule has 0 fully saturated rings. The molecule has 0 N–H and O–H groups in total. The Bertz CT molecular complexity index is 615. The van der Waals surface area contributed by atoms with Crippen molar-refractivity contribution in [3.8, 4) is 11.5 Å². The summed E-state index contributed by atoms with van der Waals surface area (Å²) in [6.07, 6.45) is 0. The summed E-state index contributed by atoms with van der Waals surface area (Å²) in [7, 11) is 3.20. The highest BCUT2D eigenvalue weighted by molar-refractivity contribution is 6.07. The predicted molar refractivity (Wildman–Crippen MR) is 71.8 cm³/mol. The molecule has 0 bridgehead atoms. The van der Waals surface area contributed by atoms with Gasteiger partial charge in [-0.25, -0.2) is 0 Å². The van der Waals surface area contributed by atoms with E-state index < -0.39 is 0 Å². The summed E-state index contributed by atoms with van der Waals surface area (Å²) < 4.78 is 10.9. The van der Waals surface area contributed by atoms with Crippen LogP contribution in [-0.4, -0.2) is 20.0 Å². The van der Waals surface area contributed by atoms with Crippen LogP contribution in [-0.2, 0) is 0 Å². The highest BCUT2D eigenvalue weighted by Crippen LogP contribution is 2.40. The van der Waals surface area contributed by atoms with E-state index in [0.29, 0.717) is 11.3 Å². The van der Waals surface area contributed by atoms with E-state index in [0.717, 1.165) is 22.1 Å². The molecular formula is C15H16O3. The van der Waals surface area contributed by atoms with Crippen molar-refractivity contribution in [2.45, 2.75) is 13.8 Å². The predicted octanol–water partition coefficient (Wildman–Crippen LogP) is 3.37. The number of hydrogen-bond donors (Lipinski definition) is 0. The molecule has 2 aromatic carbocycles. The van der Waals surface area contributed by atoms with Gasteiger partial charge in [-0.1, -0.05) is 24.3 Å². The van der Waals surface area contributed by atoms with Crippen LogP contribution in [0.4, 0.5) is 0 Å². The first-order chi connectivity index (χ1) is 8.61. The Morgan fingerprint density at radius 3 is 1.94 bits per heavy atom. The van der Waals surface area contributed by atoms with Gasteiger partial charge < -0.3 is 9.47 Å². The van der Waals surface area contributed by atoms with Crippen molar-refractivity contribution in [1.29, 1.82) is 0 Å². The van der Waals surface area contributed by atoms with Crippen molar-refractivity contribution in [3.63, 3.8) is 0 Å². The first-order valence-corrected chi connectivity index (χ1v) is 5.76. The molecule has 0 amide bonds. The number of carbonyl (C=O) groups excluding carboxylic acids is 1. The molecule has 0 aliphatic carbocycles. The number of ketones is 1. The van der Waals surface area contributed by atoms with E-state index in [-0.39, 0.29) is 5.78 Å². The Hall–Kier alpha value is -2.03. The molecule has 2 aromatic rings. The van der Waals surface area contributed by atoms with Gasteiger partial charge in [-0.2, -0.15) is 0 Å². The van der Waals surface area contributed by atoms with Crippen molar-refractivity contribution < 1.29 is 14.3 Å². The zero-order chi connectivity index (χ0) is 13.3. The molecule has 2 rings (SSSR count). The van der Waals surface area contributed by atoms with Gasteiger partial charge in [0.2, 0.25) is 0 Å². The second kappa shape index (κ2) is 4.69. The lowest BCUT2D eigenvalue weighted by atomic mass is 9.96. The molecule has 0 heterocycles. The third-order valence-electron chi connectivity index (χ3n) is 3.12. The number of hydrogen-bond acceptors (Lipinski definition) is 3. The topological polar surface area (TPSA) is 35.5 Å². The summed E-state index contributed by atoms with van der Waals surface area (Å²) >= 11 is 0. The molecule has 0 atom stereocenters. The van der Waals surface area contributed by atoms with Crippen LogP contribution in [0.1, 0.15) is 22.8 Å². The smallest absolute Gasteiger partial charge is 0.163 e. The van der Waals surface area contributed by atoms with E-state index >= 15 is 0 Å². The van der Waals surface area contributed by atoms with Crippen molar-refractivity contribution >= 4 is 16.6 Å². The van der Waals surface area contributed by atoms with Gasteiger partial charge in [0.05, 0.1) is 19.8 Å². The molecule has 94 valence electrons. The minimum atomic E-state index is -0.0200. The van der Waals surface area contributed by atoms with Crippen LogP contribution in [0.3, 0.4) is 0 Å². The molecule has 3 nitrogen and oxygen atoms in total. The number of ether oxygens (including phenoxy) is 2. The Labute approximate surface area is 106 Å². The van der Waals surface area contributed by atoms with Gasteiger partial charge in [0.15, 0.2) is 5.78 Å². The maximum absolute atomic E-state index is 11.8.